The van der Waals surface area contributed by atoms with Gasteiger partial charge in [-0.05, 0) is 31.1 Å². The largest absolute Gasteiger partial charge is 0.391 e. The van der Waals surface area contributed by atoms with E-state index in [9.17, 15) is 5.11 Å². The quantitative estimate of drug-likeness (QED) is 0.801. The first kappa shape index (κ1) is 13.3. The van der Waals surface area contributed by atoms with Gasteiger partial charge in [-0.1, -0.05) is 20.8 Å². The van der Waals surface area contributed by atoms with Gasteiger partial charge >= 0.3 is 0 Å². The van der Waals surface area contributed by atoms with Crippen LogP contribution in [-0.4, -0.2) is 48.0 Å². The highest BCUT2D eigenvalue weighted by Crippen LogP contribution is 2.34. The molecule has 1 aliphatic carbocycles. The van der Waals surface area contributed by atoms with Gasteiger partial charge in [0.2, 0.25) is 0 Å². The third-order valence-electron chi connectivity index (χ3n) is 4.52. The van der Waals surface area contributed by atoms with Crippen molar-refractivity contribution in [1.82, 2.24) is 4.90 Å². The van der Waals surface area contributed by atoms with Gasteiger partial charge in [0.1, 0.15) is 0 Å². The third kappa shape index (κ3) is 2.83. The number of rotatable bonds is 2. The first-order chi connectivity index (χ1) is 8.13. The molecule has 0 aromatic carbocycles. The second-order valence-corrected chi connectivity index (χ2v) is 5.99. The van der Waals surface area contributed by atoms with E-state index < -0.39 is 0 Å². The van der Waals surface area contributed by atoms with E-state index in [0.29, 0.717) is 23.9 Å². The summed E-state index contributed by atoms with van der Waals surface area (Å²) in [6, 6.07) is 0.847. The lowest BCUT2D eigenvalue weighted by Gasteiger charge is -2.48. The molecular formula is C14H27NO2. The Bertz CT molecular complexity index is 234. The van der Waals surface area contributed by atoms with E-state index >= 15 is 0 Å². The van der Waals surface area contributed by atoms with Crippen molar-refractivity contribution in [2.24, 2.45) is 11.8 Å². The second kappa shape index (κ2) is 5.68. The Labute approximate surface area is 105 Å². The van der Waals surface area contributed by atoms with Crippen LogP contribution in [0.2, 0.25) is 0 Å². The molecule has 2 rings (SSSR count). The molecule has 0 aromatic heterocycles. The Morgan fingerprint density at radius 1 is 1.29 bits per heavy atom. The van der Waals surface area contributed by atoms with Crippen LogP contribution < -0.4 is 0 Å². The summed E-state index contributed by atoms with van der Waals surface area (Å²) in [5.41, 5.74) is 0. The van der Waals surface area contributed by atoms with Crippen LogP contribution in [0, 0.1) is 11.8 Å². The van der Waals surface area contributed by atoms with Gasteiger partial charge in [0, 0.05) is 18.6 Å². The van der Waals surface area contributed by atoms with E-state index in [1.165, 1.54) is 6.42 Å². The maximum Gasteiger partial charge on any atom is 0.0700 e. The molecule has 2 aliphatic rings. The summed E-state index contributed by atoms with van der Waals surface area (Å²) in [6.45, 7) is 9.41. The Kier molecular flexibility index (Phi) is 4.45. The Morgan fingerprint density at radius 3 is 2.71 bits per heavy atom. The van der Waals surface area contributed by atoms with Gasteiger partial charge in [0.15, 0.2) is 0 Å². The van der Waals surface area contributed by atoms with E-state index in [1.807, 2.05) is 0 Å². The molecule has 1 saturated carbocycles. The van der Waals surface area contributed by atoms with Crippen molar-refractivity contribution in [2.45, 2.75) is 58.2 Å². The number of ether oxygens (including phenoxy) is 1. The number of aliphatic hydroxyl groups excluding tert-OH is 1. The fourth-order valence-electron chi connectivity index (χ4n) is 3.76. The average molecular weight is 241 g/mol. The van der Waals surface area contributed by atoms with E-state index in [-0.39, 0.29) is 6.10 Å². The standard InChI is InChI=1S/C14H27NO2/c1-4-12-9-17-6-5-15(12)14-11(3)7-10(2)8-13(14)16/h10-14,16H,4-9H2,1-3H3. The van der Waals surface area contributed by atoms with Crippen molar-refractivity contribution in [1.29, 1.82) is 0 Å². The molecule has 17 heavy (non-hydrogen) atoms. The van der Waals surface area contributed by atoms with Crippen LogP contribution in [0.1, 0.15) is 40.0 Å². The van der Waals surface area contributed by atoms with Crippen molar-refractivity contribution in [3.63, 3.8) is 0 Å². The SMILES string of the molecule is CCC1COCCN1C1C(C)CC(C)CC1O. The minimum atomic E-state index is -0.152. The topological polar surface area (TPSA) is 32.7 Å². The summed E-state index contributed by atoms with van der Waals surface area (Å²) in [4.78, 5) is 2.52. The molecule has 5 unspecified atom stereocenters. The van der Waals surface area contributed by atoms with Gasteiger partial charge in [-0.2, -0.15) is 0 Å². The molecule has 0 spiro atoms. The van der Waals surface area contributed by atoms with Crippen LogP contribution in [0.4, 0.5) is 0 Å². The molecule has 1 N–H and O–H groups in total. The highest BCUT2D eigenvalue weighted by Gasteiger charge is 2.39. The molecule has 100 valence electrons. The summed E-state index contributed by atoms with van der Waals surface area (Å²) < 4.78 is 5.56. The van der Waals surface area contributed by atoms with Gasteiger partial charge in [-0.15, -0.1) is 0 Å². The lowest BCUT2D eigenvalue weighted by molar-refractivity contribution is -0.0931. The zero-order valence-electron chi connectivity index (χ0n) is 11.4. The summed E-state index contributed by atoms with van der Waals surface area (Å²) >= 11 is 0. The lowest BCUT2D eigenvalue weighted by atomic mass is 9.76. The second-order valence-electron chi connectivity index (χ2n) is 5.99. The van der Waals surface area contributed by atoms with Gasteiger partial charge in [-0.25, -0.2) is 0 Å². The molecule has 0 amide bonds. The summed E-state index contributed by atoms with van der Waals surface area (Å²) in [7, 11) is 0. The maximum absolute atomic E-state index is 10.4. The van der Waals surface area contributed by atoms with Crippen LogP contribution in [0.5, 0.6) is 0 Å². The van der Waals surface area contributed by atoms with Crippen LogP contribution in [0.15, 0.2) is 0 Å². The molecule has 0 aromatic rings. The van der Waals surface area contributed by atoms with Crippen molar-refractivity contribution < 1.29 is 9.84 Å². The number of hydrogen-bond acceptors (Lipinski definition) is 3. The number of hydrogen-bond donors (Lipinski definition) is 1. The minimum absolute atomic E-state index is 0.152. The third-order valence-corrected chi connectivity index (χ3v) is 4.52. The van der Waals surface area contributed by atoms with Gasteiger partial charge < -0.3 is 9.84 Å². The number of nitrogens with zero attached hydrogens (tertiary/aromatic N) is 1. The highest BCUT2D eigenvalue weighted by molar-refractivity contribution is 4.93. The van der Waals surface area contributed by atoms with Gasteiger partial charge in [-0.3, -0.25) is 4.90 Å². The first-order valence-electron chi connectivity index (χ1n) is 7.15. The monoisotopic (exact) mass is 241 g/mol. The zero-order valence-corrected chi connectivity index (χ0v) is 11.4. The summed E-state index contributed by atoms with van der Waals surface area (Å²) in [6.07, 6.45) is 3.17. The van der Waals surface area contributed by atoms with E-state index in [0.717, 1.165) is 32.6 Å². The van der Waals surface area contributed by atoms with E-state index in [1.54, 1.807) is 0 Å². The zero-order chi connectivity index (χ0) is 12.4. The Balaban J connectivity index is 2.07. The molecule has 3 heteroatoms. The minimum Gasteiger partial charge on any atom is -0.391 e. The van der Waals surface area contributed by atoms with Crippen molar-refractivity contribution in [2.75, 3.05) is 19.8 Å². The summed E-state index contributed by atoms with van der Waals surface area (Å²) in [5, 5.41) is 10.4. The Hall–Kier alpha value is -0.120. The molecule has 1 saturated heterocycles. The molecule has 1 aliphatic heterocycles. The van der Waals surface area contributed by atoms with Crippen molar-refractivity contribution in [3.8, 4) is 0 Å². The Morgan fingerprint density at radius 2 is 2.06 bits per heavy atom. The van der Waals surface area contributed by atoms with Crippen LogP contribution in [0.25, 0.3) is 0 Å². The lowest BCUT2D eigenvalue weighted by Crippen LogP contribution is -2.58. The predicted octanol–water partition coefficient (Wildman–Crippen LogP) is 1.89. The van der Waals surface area contributed by atoms with Crippen LogP contribution in [-0.2, 0) is 4.74 Å². The molecule has 3 nitrogen and oxygen atoms in total. The maximum atomic E-state index is 10.4. The fraction of sp³-hybridized carbons (Fsp3) is 1.00. The van der Waals surface area contributed by atoms with Gasteiger partial charge in [0.05, 0.1) is 19.3 Å². The number of morpholine rings is 1. The van der Waals surface area contributed by atoms with E-state index in [2.05, 4.69) is 25.7 Å². The van der Waals surface area contributed by atoms with E-state index in [4.69, 9.17) is 4.74 Å². The van der Waals surface area contributed by atoms with Crippen LogP contribution >= 0.6 is 0 Å². The smallest absolute Gasteiger partial charge is 0.0700 e. The molecule has 2 fully saturated rings. The fourth-order valence-corrected chi connectivity index (χ4v) is 3.76. The van der Waals surface area contributed by atoms with Gasteiger partial charge in [0.25, 0.3) is 0 Å². The molecule has 5 atom stereocenters. The molecule has 0 radical (unpaired) electrons. The summed E-state index contributed by atoms with van der Waals surface area (Å²) in [5.74, 6) is 1.26. The molecule has 0 bridgehead atoms. The average Bonchev–Trinajstić information content (AvgIpc) is 2.28. The molecular weight excluding hydrogens is 214 g/mol. The van der Waals surface area contributed by atoms with Crippen molar-refractivity contribution in [3.05, 3.63) is 0 Å². The van der Waals surface area contributed by atoms with Crippen molar-refractivity contribution >= 4 is 0 Å². The first-order valence-corrected chi connectivity index (χ1v) is 7.15. The van der Waals surface area contributed by atoms with Crippen LogP contribution in [0.3, 0.4) is 0 Å². The highest BCUT2D eigenvalue weighted by atomic mass is 16.5. The normalized spacial score (nSPS) is 44.8. The number of aliphatic hydroxyl groups is 1. The molecule has 1 heterocycles. The predicted molar refractivity (Wildman–Crippen MR) is 69.0 cm³/mol.